The topological polar surface area (TPSA) is 65.8 Å². The third-order valence-electron chi connectivity index (χ3n) is 2.60. The maximum atomic E-state index is 11.2. The fourth-order valence-corrected chi connectivity index (χ4v) is 1.89. The Balaban J connectivity index is 2.37. The van der Waals surface area contributed by atoms with Crippen LogP contribution >= 0.6 is 11.6 Å². The highest BCUT2D eigenvalue weighted by Crippen LogP contribution is 2.20. The van der Waals surface area contributed by atoms with Gasteiger partial charge in [-0.05, 0) is 6.92 Å². The van der Waals surface area contributed by atoms with Crippen molar-refractivity contribution in [2.75, 3.05) is 5.73 Å². The van der Waals surface area contributed by atoms with Crippen molar-refractivity contribution in [2.45, 2.75) is 13.5 Å². The number of aromatic nitrogens is 3. The Morgan fingerprint density at radius 1 is 1.53 bits per heavy atom. The summed E-state index contributed by atoms with van der Waals surface area (Å²) in [5.41, 5.74) is 7.29. The number of rotatable bonds is 2. The normalized spacial score (nSPS) is 10.8. The summed E-state index contributed by atoms with van der Waals surface area (Å²) in [5, 5.41) is 4.87. The van der Waals surface area contributed by atoms with Gasteiger partial charge in [0.1, 0.15) is 0 Å². The smallest absolute Gasteiger partial charge is 0.204 e. The third kappa shape index (κ3) is 2.19. The van der Waals surface area contributed by atoms with Crippen molar-refractivity contribution < 1.29 is 0 Å². The zero-order chi connectivity index (χ0) is 12.6. The minimum atomic E-state index is -0.173. The maximum absolute atomic E-state index is 11.2. The lowest BCUT2D eigenvalue weighted by Gasteiger charge is -2.07. The van der Waals surface area contributed by atoms with Gasteiger partial charge in [0.2, 0.25) is 5.43 Å². The molecule has 6 heteroatoms. The highest BCUT2D eigenvalue weighted by atomic mass is 35.5. The first kappa shape index (κ1) is 11.7. The molecule has 0 aliphatic carbocycles. The van der Waals surface area contributed by atoms with Gasteiger partial charge in [0.15, 0.2) is 0 Å². The zero-order valence-corrected chi connectivity index (χ0v) is 10.4. The fourth-order valence-electron chi connectivity index (χ4n) is 1.67. The predicted octanol–water partition coefficient (Wildman–Crippen LogP) is 1.17. The van der Waals surface area contributed by atoms with E-state index in [4.69, 9.17) is 17.3 Å². The second-order valence-electron chi connectivity index (χ2n) is 3.91. The largest absolute Gasteiger partial charge is 0.394 e. The van der Waals surface area contributed by atoms with Crippen LogP contribution in [0.3, 0.4) is 0 Å². The number of aryl methyl sites for hydroxylation is 2. The van der Waals surface area contributed by atoms with Crippen molar-refractivity contribution in [3.05, 3.63) is 45.1 Å². The van der Waals surface area contributed by atoms with E-state index < -0.39 is 0 Å². The Hall–Kier alpha value is -1.75. The second-order valence-corrected chi connectivity index (χ2v) is 4.28. The molecular weight excluding hydrogens is 240 g/mol. The minimum Gasteiger partial charge on any atom is -0.394 e. The minimum absolute atomic E-state index is 0.173. The van der Waals surface area contributed by atoms with Gasteiger partial charge in [-0.25, -0.2) is 0 Å². The van der Waals surface area contributed by atoms with Crippen LogP contribution in [0.1, 0.15) is 11.4 Å². The molecule has 0 radical (unpaired) electrons. The van der Waals surface area contributed by atoms with E-state index in [1.165, 1.54) is 6.07 Å². The summed E-state index contributed by atoms with van der Waals surface area (Å²) in [4.78, 5) is 11.2. The van der Waals surface area contributed by atoms with Crippen LogP contribution in [0.4, 0.5) is 5.69 Å². The second kappa shape index (κ2) is 4.25. The van der Waals surface area contributed by atoms with Crippen molar-refractivity contribution in [1.82, 2.24) is 14.3 Å². The van der Waals surface area contributed by atoms with E-state index in [1.54, 1.807) is 21.6 Å². The first-order valence-electron chi connectivity index (χ1n) is 5.12. The molecule has 90 valence electrons. The Bertz CT molecular complexity index is 614. The van der Waals surface area contributed by atoms with Gasteiger partial charge in [0.05, 0.1) is 28.6 Å². The molecule has 2 aromatic rings. The van der Waals surface area contributed by atoms with Crippen LogP contribution in [0.2, 0.25) is 5.02 Å². The van der Waals surface area contributed by atoms with E-state index in [2.05, 4.69) is 5.10 Å². The standard InChI is InChI=1S/C11H13ClN4O/c1-7-11(12)9(15(2)14-7)6-16-4-3-10(17)8(13)5-16/h3-5H,6,13H2,1-2H3. The van der Waals surface area contributed by atoms with Crippen LogP contribution in [0.15, 0.2) is 23.3 Å². The van der Waals surface area contributed by atoms with Gasteiger partial charge in [-0.2, -0.15) is 5.10 Å². The van der Waals surface area contributed by atoms with Gasteiger partial charge in [-0.15, -0.1) is 0 Å². The van der Waals surface area contributed by atoms with Crippen LogP contribution in [0.25, 0.3) is 0 Å². The Labute approximate surface area is 103 Å². The monoisotopic (exact) mass is 252 g/mol. The molecule has 0 amide bonds. The van der Waals surface area contributed by atoms with Crippen LogP contribution in [-0.2, 0) is 13.6 Å². The first-order chi connectivity index (χ1) is 7.99. The molecule has 0 saturated heterocycles. The molecule has 0 saturated carbocycles. The van der Waals surface area contributed by atoms with Crippen molar-refractivity contribution in [3.63, 3.8) is 0 Å². The SMILES string of the molecule is Cc1nn(C)c(Cn2ccc(=O)c(N)c2)c1Cl. The highest BCUT2D eigenvalue weighted by molar-refractivity contribution is 6.31. The Morgan fingerprint density at radius 3 is 2.76 bits per heavy atom. The summed E-state index contributed by atoms with van der Waals surface area (Å²) < 4.78 is 3.53. The average Bonchev–Trinajstić information content (AvgIpc) is 2.50. The lowest BCUT2D eigenvalue weighted by atomic mass is 10.3. The van der Waals surface area contributed by atoms with E-state index >= 15 is 0 Å². The molecule has 0 aliphatic heterocycles. The molecular formula is C11H13ClN4O. The molecule has 2 N–H and O–H groups in total. The van der Waals surface area contributed by atoms with Crippen LogP contribution in [0.5, 0.6) is 0 Å². The number of nitrogens with two attached hydrogens (primary N) is 1. The quantitative estimate of drug-likeness (QED) is 0.873. The van der Waals surface area contributed by atoms with Gasteiger partial charge in [-0.1, -0.05) is 11.6 Å². The van der Waals surface area contributed by atoms with E-state index in [9.17, 15) is 4.79 Å². The first-order valence-corrected chi connectivity index (χ1v) is 5.50. The molecule has 0 fully saturated rings. The van der Waals surface area contributed by atoms with Crippen molar-refractivity contribution in [1.29, 1.82) is 0 Å². The highest BCUT2D eigenvalue weighted by Gasteiger charge is 2.11. The van der Waals surface area contributed by atoms with Crippen LogP contribution < -0.4 is 11.2 Å². The lowest BCUT2D eigenvalue weighted by molar-refractivity contribution is 0.661. The Kier molecular flexibility index (Phi) is 2.93. The summed E-state index contributed by atoms with van der Waals surface area (Å²) in [6, 6.07) is 1.44. The van der Waals surface area contributed by atoms with Crippen molar-refractivity contribution in [3.8, 4) is 0 Å². The third-order valence-corrected chi connectivity index (χ3v) is 3.09. The summed E-state index contributed by atoms with van der Waals surface area (Å²) in [6.07, 6.45) is 3.28. The van der Waals surface area contributed by atoms with Crippen LogP contribution in [-0.4, -0.2) is 14.3 Å². The molecule has 0 unspecified atom stereocenters. The molecule has 2 rings (SSSR count). The van der Waals surface area contributed by atoms with Crippen molar-refractivity contribution >= 4 is 17.3 Å². The van der Waals surface area contributed by atoms with E-state index in [-0.39, 0.29) is 11.1 Å². The molecule has 0 bridgehead atoms. The van der Waals surface area contributed by atoms with Gasteiger partial charge in [-0.3, -0.25) is 9.48 Å². The lowest BCUT2D eigenvalue weighted by Crippen LogP contribution is -2.12. The fraction of sp³-hybridized carbons (Fsp3) is 0.273. The summed E-state index contributed by atoms with van der Waals surface area (Å²) in [5.74, 6) is 0. The van der Waals surface area contributed by atoms with E-state index in [0.717, 1.165) is 11.4 Å². The van der Waals surface area contributed by atoms with Gasteiger partial charge in [0, 0.05) is 25.5 Å². The molecule has 0 aromatic carbocycles. The Morgan fingerprint density at radius 2 is 2.24 bits per heavy atom. The molecule has 17 heavy (non-hydrogen) atoms. The van der Waals surface area contributed by atoms with Crippen molar-refractivity contribution in [2.24, 2.45) is 7.05 Å². The molecule has 0 aliphatic rings. The summed E-state index contributed by atoms with van der Waals surface area (Å²) >= 11 is 6.15. The number of pyridine rings is 1. The van der Waals surface area contributed by atoms with Crippen LogP contribution in [0, 0.1) is 6.92 Å². The number of nitrogens with zero attached hydrogens (tertiary/aromatic N) is 3. The number of nitrogen functional groups attached to an aromatic ring is 1. The van der Waals surface area contributed by atoms with E-state index in [0.29, 0.717) is 11.6 Å². The summed E-state index contributed by atoms with van der Waals surface area (Å²) in [7, 11) is 1.83. The number of anilines is 1. The number of hydrogen-bond donors (Lipinski definition) is 1. The maximum Gasteiger partial charge on any atom is 0.204 e. The summed E-state index contributed by atoms with van der Waals surface area (Å²) in [6.45, 7) is 2.38. The van der Waals surface area contributed by atoms with Gasteiger partial charge >= 0.3 is 0 Å². The van der Waals surface area contributed by atoms with E-state index in [1.807, 2.05) is 14.0 Å². The predicted molar refractivity (Wildman–Crippen MR) is 67.2 cm³/mol. The number of hydrogen-bond acceptors (Lipinski definition) is 3. The molecule has 0 spiro atoms. The molecule has 0 atom stereocenters. The molecule has 2 heterocycles. The zero-order valence-electron chi connectivity index (χ0n) is 9.64. The van der Waals surface area contributed by atoms with Gasteiger partial charge in [0.25, 0.3) is 0 Å². The average molecular weight is 253 g/mol. The number of halogens is 1. The van der Waals surface area contributed by atoms with Gasteiger partial charge < -0.3 is 10.3 Å². The molecule has 2 aromatic heterocycles. The molecule has 5 nitrogen and oxygen atoms in total.